The Labute approximate surface area is 107 Å². The van der Waals surface area contributed by atoms with Gasteiger partial charge in [-0.15, -0.1) is 0 Å². The Balaban J connectivity index is 2.34. The fourth-order valence-corrected chi connectivity index (χ4v) is 1.42. The van der Waals surface area contributed by atoms with Gasteiger partial charge in [0.15, 0.2) is 6.10 Å². The Kier molecular flexibility index (Phi) is 5.78. The molecule has 1 aromatic carbocycles. The van der Waals surface area contributed by atoms with Gasteiger partial charge in [-0.1, -0.05) is 26.0 Å². The summed E-state index contributed by atoms with van der Waals surface area (Å²) in [6.07, 6.45) is -0.324. The molecule has 4 heteroatoms. The molecule has 0 aliphatic heterocycles. The summed E-state index contributed by atoms with van der Waals surface area (Å²) >= 11 is 0. The summed E-state index contributed by atoms with van der Waals surface area (Å²) in [5, 5.41) is 9.60. The molecule has 0 saturated carbocycles. The molecule has 1 N–H and O–H groups in total. The molecule has 0 bridgehead atoms. The smallest absolute Gasteiger partial charge is 0.334 e. The average Bonchev–Trinajstić information content (AvgIpc) is 2.34. The van der Waals surface area contributed by atoms with Crippen molar-refractivity contribution < 1.29 is 19.0 Å². The van der Waals surface area contributed by atoms with E-state index in [0.29, 0.717) is 13.0 Å². The van der Waals surface area contributed by atoms with E-state index in [9.17, 15) is 14.3 Å². The van der Waals surface area contributed by atoms with Crippen LogP contribution in [0.2, 0.25) is 0 Å². The van der Waals surface area contributed by atoms with Crippen molar-refractivity contribution in [3.8, 4) is 0 Å². The van der Waals surface area contributed by atoms with Gasteiger partial charge in [-0.3, -0.25) is 0 Å². The molecule has 0 radical (unpaired) electrons. The van der Waals surface area contributed by atoms with Crippen LogP contribution in [0, 0.1) is 11.7 Å². The van der Waals surface area contributed by atoms with Crippen LogP contribution in [0.5, 0.6) is 0 Å². The number of benzene rings is 1. The van der Waals surface area contributed by atoms with Gasteiger partial charge in [0, 0.05) is 0 Å². The Hall–Kier alpha value is -1.42. The number of carbonyl (C=O) groups excluding carboxylic acids is 1. The van der Waals surface area contributed by atoms with Gasteiger partial charge in [-0.25, -0.2) is 9.18 Å². The normalized spacial score (nSPS) is 12.5. The molecule has 0 spiro atoms. The minimum absolute atomic E-state index is 0.248. The summed E-state index contributed by atoms with van der Waals surface area (Å²) in [5.74, 6) is -0.639. The summed E-state index contributed by atoms with van der Waals surface area (Å²) in [4.78, 5) is 11.4. The zero-order valence-electron chi connectivity index (χ0n) is 10.7. The van der Waals surface area contributed by atoms with Crippen molar-refractivity contribution in [3.63, 3.8) is 0 Å². The van der Waals surface area contributed by atoms with Gasteiger partial charge >= 0.3 is 5.97 Å². The maximum absolute atomic E-state index is 12.7. The maximum Gasteiger partial charge on any atom is 0.334 e. The SMILES string of the molecule is CC(C)COC(=O)[C@H](O)CCc1ccc(F)cc1. The third-order valence-electron chi connectivity index (χ3n) is 2.45. The molecule has 0 unspecified atom stereocenters. The van der Waals surface area contributed by atoms with Crippen molar-refractivity contribution >= 4 is 5.97 Å². The molecule has 0 amide bonds. The number of carbonyl (C=O) groups is 1. The lowest BCUT2D eigenvalue weighted by molar-refractivity contribution is -0.154. The predicted molar refractivity (Wildman–Crippen MR) is 66.5 cm³/mol. The van der Waals surface area contributed by atoms with Crippen LogP contribution in [0.1, 0.15) is 25.8 Å². The summed E-state index contributed by atoms with van der Waals surface area (Å²) < 4.78 is 17.6. The van der Waals surface area contributed by atoms with E-state index < -0.39 is 12.1 Å². The van der Waals surface area contributed by atoms with Crippen molar-refractivity contribution in [1.82, 2.24) is 0 Å². The van der Waals surface area contributed by atoms with Crippen molar-refractivity contribution in [1.29, 1.82) is 0 Å². The number of esters is 1. The second kappa shape index (κ2) is 7.11. The molecule has 1 rings (SSSR count). The van der Waals surface area contributed by atoms with Gasteiger partial charge < -0.3 is 9.84 Å². The van der Waals surface area contributed by atoms with Crippen molar-refractivity contribution in [2.45, 2.75) is 32.8 Å². The molecular weight excluding hydrogens is 235 g/mol. The van der Waals surface area contributed by atoms with Crippen molar-refractivity contribution in [2.75, 3.05) is 6.61 Å². The number of hydrogen-bond acceptors (Lipinski definition) is 3. The van der Waals surface area contributed by atoms with Crippen LogP contribution in [0.4, 0.5) is 4.39 Å². The number of aliphatic hydroxyl groups excluding tert-OH is 1. The molecule has 3 nitrogen and oxygen atoms in total. The molecule has 0 aliphatic carbocycles. The summed E-state index contributed by atoms with van der Waals surface area (Å²) in [5.41, 5.74) is 0.882. The average molecular weight is 254 g/mol. The van der Waals surface area contributed by atoms with E-state index in [1.54, 1.807) is 12.1 Å². The highest BCUT2D eigenvalue weighted by Gasteiger charge is 2.16. The highest BCUT2D eigenvalue weighted by atomic mass is 19.1. The molecule has 0 aliphatic rings. The molecule has 0 aromatic heterocycles. The zero-order valence-corrected chi connectivity index (χ0v) is 10.7. The molecule has 18 heavy (non-hydrogen) atoms. The third-order valence-corrected chi connectivity index (χ3v) is 2.45. The zero-order chi connectivity index (χ0) is 13.5. The van der Waals surface area contributed by atoms with E-state index in [-0.39, 0.29) is 18.2 Å². The first-order chi connectivity index (χ1) is 8.49. The number of halogens is 1. The molecule has 100 valence electrons. The number of aryl methyl sites for hydroxylation is 1. The Morgan fingerprint density at radius 2 is 1.94 bits per heavy atom. The van der Waals surface area contributed by atoms with E-state index in [4.69, 9.17) is 4.74 Å². The highest BCUT2D eigenvalue weighted by Crippen LogP contribution is 2.08. The standard InChI is InChI=1S/C14H19FO3/c1-10(2)9-18-14(17)13(16)8-5-11-3-6-12(15)7-4-11/h3-4,6-7,10,13,16H,5,8-9H2,1-2H3/t13-/m1/s1. The fourth-order valence-electron chi connectivity index (χ4n) is 1.42. The lowest BCUT2D eigenvalue weighted by Crippen LogP contribution is -2.25. The van der Waals surface area contributed by atoms with Gasteiger partial charge in [0.25, 0.3) is 0 Å². The first-order valence-electron chi connectivity index (χ1n) is 6.08. The summed E-state index contributed by atoms with van der Waals surface area (Å²) in [6.45, 7) is 4.17. The van der Waals surface area contributed by atoms with Gasteiger partial charge in [-0.2, -0.15) is 0 Å². The van der Waals surface area contributed by atoms with Crippen LogP contribution in [-0.2, 0) is 16.0 Å². The molecule has 1 atom stereocenters. The van der Waals surface area contributed by atoms with Crippen LogP contribution >= 0.6 is 0 Å². The second-order valence-electron chi connectivity index (χ2n) is 4.70. The number of aliphatic hydroxyl groups is 1. The number of rotatable bonds is 6. The van der Waals surface area contributed by atoms with E-state index in [1.165, 1.54) is 12.1 Å². The lowest BCUT2D eigenvalue weighted by Gasteiger charge is -2.12. The van der Waals surface area contributed by atoms with Crippen LogP contribution in [0.15, 0.2) is 24.3 Å². The van der Waals surface area contributed by atoms with Crippen molar-refractivity contribution in [2.24, 2.45) is 5.92 Å². The first kappa shape index (κ1) is 14.6. The fraction of sp³-hybridized carbons (Fsp3) is 0.500. The molecule has 0 saturated heterocycles. The molecule has 1 aromatic rings. The highest BCUT2D eigenvalue weighted by molar-refractivity contribution is 5.74. The quantitative estimate of drug-likeness (QED) is 0.792. The molecular formula is C14H19FO3. The molecule has 0 fully saturated rings. The Morgan fingerprint density at radius 3 is 2.50 bits per heavy atom. The van der Waals surface area contributed by atoms with Crippen LogP contribution in [-0.4, -0.2) is 23.8 Å². The van der Waals surface area contributed by atoms with Crippen LogP contribution < -0.4 is 0 Å². The van der Waals surface area contributed by atoms with E-state index in [1.807, 2.05) is 13.8 Å². The minimum Gasteiger partial charge on any atom is -0.464 e. The first-order valence-corrected chi connectivity index (χ1v) is 6.08. The van der Waals surface area contributed by atoms with Crippen molar-refractivity contribution in [3.05, 3.63) is 35.6 Å². The van der Waals surface area contributed by atoms with E-state index in [0.717, 1.165) is 5.56 Å². The monoisotopic (exact) mass is 254 g/mol. The minimum atomic E-state index is -1.12. The van der Waals surface area contributed by atoms with Gasteiger partial charge in [0.05, 0.1) is 6.61 Å². The third kappa shape index (κ3) is 5.27. The predicted octanol–water partition coefficient (Wildman–Crippen LogP) is 2.32. The Morgan fingerprint density at radius 1 is 1.33 bits per heavy atom. The van der Waals surface area contributed by atoms with Gasteiger partial charge in [0.2, 0.25) is 0 Å². The summed E-state index contributed by atoms with van der Waals surface area (Å²) in [7, 11) is 0. The molecule has 0 heterocycles. The largest absolute Gasteiger partial charge is 0.464 e. The van der Waals surface area contributed by atoms with Gasteiger partial charge in [-0.05, 0) is 36.5 Å². The number of ether oxygens (including phenoxy) is 1. The number of hydrogen-bond donors (Lipinski definition) is 1. The van der Waals surface area contributed by atoms with E-state index >= 15 is 0 Å². The van der Waals surface area contributed by atoms with Gasteiger partial charge in [0.1, 0.15) is 5.82 Å². The van der Waals surface area contributed by atoms with E-state index in [2.05, 4.69) is 0 Å². The Bertz CT molecular complexity index is 373. The van der Waals surface area contributed by atoms with Crippen LogP contribution in [0.25, 0.3) is 0 Å². The maximum atomic E-state index is 12.7. The lowest BCUT2D eigenvalue weighted by atomic mass is 10.1. The topological polar surface area (TPSA) is 46.5 Å². The summed E-state index contributed by atoms with van der Waals surface area (Å²) in [6, 6.07) is 6.00. The second-order valence-corrected chi connectivity index (χ2v) is 4.70. The van der Waals surface area contributed by atoms with Crippen LogP contribution in [0.3, 0.4) is 0 Å².